The van der Waals surface area contributed by atoms with Crippen LogP contribution in [0.5, 0.6) is 0 Å². The fraction of sp³-hybridized carbons (Fsp3) is 0.350. The zero-order valence-corrected chi connectivity index (χ0v) is 16.3. The van der Waals surface area contributed by atoms with Gasteiger partial charge in [0.2, 0.25) is 0 Å². The molecule has 0 spiro atoms. The van der Waals surface area contributed by atoms with Gasteiger partial charge in [-0.2, -0.15) is 0 Å². The molecule has 27 heavy (non-hydrogen) atoms. The number of nitrogens with one attached hydrogen (secondary N) is 2. The quantitative estimate of drug-likeness (QED) is 0.778. The molecule has 0 radical (unpaired) electrons. The molecule has 6 nitrogen and oxygen atoms in total. The maximum Gasteiger partial charge on any atom is 0.279 e. The number of hydrogen-bond donors (Lipinski definition) is 2. The Balaban J connectivity index is 1.51. The van der Waals surface area contributed by atoms with Gasteiger partial charge in [0.1, 0.15) is 5.15 Å². The van der Waals surface area contributed by atoms with E-state index in [2.05, 4.69) is 10.3 Å². The minimum Gasteiger partial charge on any atom is -0.327 e. The SMILES string of the molecule is Cc1cccc(C)c1NC(=O)C[NH+]1CCN(C(=O)c2ccc(Cl)nc2)CC1. The fourth-order valence-electron chi connectivity index (χ4n) is 3.31. The summed E-state index contributed by atoms with van der Waals surface area (Å²) in [5.41, 5.74) is 3.55. The Morgan fingerprint density at radius 2 is 1.81 bits per heavy atom. The van der Waals surface area contributed by atoms with Gasteiger partial charge in [-0.1, -0.05) is 29.8 Å². The number of piperazine rings is 1. The van der Waals surface area contributed by atoms with Gasteiger partial charge in [-0.05, 0) is 37.1 Å². The zero-order chi connectivity index (χ0) is 19.4. The summed E-state index contributed by atoms with van der Waals surface area (Å²) in [5, 5.41) is 3.40. The number of nitrogens with zero attached hydrogens (tertiary/aromatic N) is 2. The highest BCUT2D eigenvalue weighted by atomic mass is 35.5. The Hall–Kier alpha value is -2.44. The van der Waals surface area contributed by atoms with Gasteiger partial charge < -0.3 is 15.1 Å². The van der Waals surface area contributed by atoms with Crippen LogP contribution in [-0.2, 0) is 4.79 Å². The summed E-state index contributed by atoms with van der Waals surface area (Å²) in [4.78, 5) is 31.9. The molecule has 1 aliphatic heterocycles. The molecule has 1 fully saturated rings. The topological polar surface area (TPSA) is 66.7 Å². The average molecular weight is 388 g/mol. The molecule has 2 heterocycles. The second-order valence-electron chi connectivity index (χ2n) is 6.90. The number of carbonyl (C=O) groups excluding carboxylic acids is 2. The van der Waals surface area contributed by atoms with Gasteiger partial charge in [-0.15, -0.1) is 0 Å². The first-order valence-corrected chi connectivity index (χ1v) is 9.42. The van der Waals surface area contributed by atoms with E-state index in [9.17, 15) is 9.59 Å². The van der Waals surface area contributed by atoms with Crippen molar-refractivity contribution in [2.75, 3.05) is 38.0 Å². The van der Waals surface area contributed by atoms with Crippen molar-refractivity contribution < 1.29 is 14.5 Å². The van der Waals surface area contributed by atoms with Crippen LogP contribution in [0.4, 0.5) is 5.69 Å². The molecule has 1 saturated heterocycles. The minimum atomic E-state index is -0.0433. The van der Waals surface area contributed by atoms with Gasteiger partial charge in [-0.25, -0.2) is 4.98 Å². The lowest BCUT2D eigenvalue weighted by molar-refractivity contribution is -0.895. The monoisotopic (exact) mass is 387 g/mol. The van der Waals surface area contributed by atoms with Gasteiger partial charge in [-0.3, -0.25) is 9.59 Å². The van der Waals surface area contributed by atoms with Crippen molar-refractivity contribution >= 4 is 29.1 Å². The highest BCUT2D eigenvalue weighted by Crippen LogP contribution is 2.18. The van der Waals surface area contributed by atoms with Crippen LogP contribution < -0.4 is 10.2 Å². The Bertz CT molecular complexity index is 810. The number of aromatic nitrogens is 1. The number of amides is 2. The summed E-state index contributed by atoms with van der Waals surface area (Å²) in [6, 6.07) is 9.28. The lowest BCUT2D eigenvalue weighted by atomic mass is 10.1. The summed E-state index contributed by atoms with van der Waals surface area (Å²) < 4.78 is 0. The number of carbonyl (C=O) groups is 2. The summed E-state index contributed by atoms with van der Waals surface area (Å²) in [7, 11) is 0. The molecule has 0 atom stereocenters. The molecule has 0 bridgehead atoms. The predicted octanol–water partition coefficient (Wildman–Crippen LogP) is 1.33. The zero-order valence-electron chi connectivity index (χ0n) is 15.6. The third kappa shape index (κ3) is 4.84. The third-order valence-corrected chi connectivity index (χ3v) is 5.11. The van der Waals surface area contributed by atoms with Crippen LogP contribution in [0.1, 0.15) is 21.5 Å². The summed E-state index contributed by atoms with van der Waals surface area (Å²) >= 11 is 5.77. The molecule has 7 heteroatoms. The van der Waals surface area contributed by atoms with Crippen molar-refractivity contribution in [3.05, 3.63) is 58.4 Å². The van der Waals surface area contributed by atoms with Crippen molar-refractivity contribution in [1.29, 1.82) is 0 Å². The van der Waals surface area contributed by atoms with E-state index in [1.807, 2.05) is 32.0 Å². The van der Waals surface area contributed by atoms with Crippen LogP contribution in [0.25, 0.3) is 0 Å². The van der Waals surface area contributed by atoms with E-state index in [4.69, 9.17) is 11.6 Å². The highest BCUT2D eigenvalue weighted by Gasteiger charge is 2.26. The first-order chi connectivity index (χ1) is 12.9. The first-order valence-electron chi connectivity index (χ1n) is 9.04. The van der Waals surface area contributed by atoms with Crippen LogP contribution in [-0.4, -0.2) is 54.4 Å². The van der Waals surface area contributed by atoms with Crippen LogP contribution in [0, 0.1) is 13.8 Å². The molecule has 0 unspecified atom stereocenters. The fourth-order valence-corrected chi connectivity index (χ4v) is 3.42. The summed E-state index contributed by atoms with van der Waals surface area (Å²) in [6.07, 6.45) is 1.50. The summed E-state index contributed by atoms with van der Waals surface area (Å²) in [6.45, 7) is 7.11. The third-order valence-electron chi connectivity index (χ3n) is 4.89. The second-order valence-corrected chi connectivity index (χ2v) is 7.29. The maximum atomic E-state index is 12.5. The van der Waals surface area contributed by atoms with Crippen molar-refractivity contribution in [3.63, 3.8) is 0 Å². The van der Waals surface area contributed by atoms with Gasteiger partial charge in [0.15, 0.2) is 6.54 Å². The largest absolute Gasteiger partial charge is 0.327 e. The Labute approximate surface area is 164 Å². The van der Waals surface area contributed by atoms with Crippen LogP contribution >= 0.6 is 11.6 Å². The number of aryl methyl sites for hydroxylation is 2. The molecule has 2 amide bonds. The molecule has 0 saturated carbocycles. The number of hydrogen-bond acceptors (Lipinski definition) is 3. The standard InChI is InChI=1S/C20H23ClN4O2/c1-14-4-3-5-15(2)19(14)23-18(26)13-24-8-10-25(11-9-24)20(27)16-6-7-17(21)22-12-16/h3-7,12H,8-11,13H2,1-2H3,(H,23,26)/p+1. The van der Waals surface area contributed by atoms with Gasteiger partial charge in [0.05, 0.1) is 31.7 Å². The Morgan fingerprint density at radius 1 is 1.15 bits per heavy atom. The summed E-state index contributed by atoms with van der Waals surface area (Å²) in [5.74, 6) is -0.0396. The molecule has 0 aliphatic carbocycles. The number of para-hydroxylation sites is 1. The van der Waals surface area contributed by atoms with Crippen molar-refractivity contribution in [2.24, 2.45) is 0 Å². The van der Waals surface area contributed by atoms with E-state index in [1.54, 1.807) is 17.0 Å². The first kappa shape index (κ1) is 19.3. The average Bonchev–Trinajstić information content (AvgIpc) is 2.65. The van der Waals surface area contributed by atoms with Crippen LogP contribution in [0.15, 0.2) is 36.5 Å². The molecule has 3 rings (SSSR count). The number of halogens is 1. The molecule has 1 aliphatic rings. The van der Waals surface area contributed by atoms with Gasteiger partial charge in [0, 0.05) is 11.9 Å². The molecule has 1 aromatic heterocycles. The normalized spacial score (nSPS) is 14.9. The van der Waals surface area contributed by atoms with E-state index < -0.39 is 0 Å². The lowest BCUT2D eigenvalue weighted by Gasteiger charge is -2.32. The molecule has 2 N–H and O–H groups in total. The van der Waals surface area contributed by atoms with E-state index >= 15 is 0 Å². The van der Waals surface area contributed by atoms with Crippen LogP contribution in [0.2, 0.25) is 5.15 Å². The van der Waals surface area contributed by atoms with Crippen LogP contribution in [0.3, 0.4) is 0 Å². The maximum absolute atomic E-state index is 12.5. The Morgan fingerprint density at radius 3 is 2.41 bits per heavy atom. The van der Waals surface area contributed by atoms with E-state index in [0.717, 1.165) is 29.9 Å². The molecule has 142 valence electrons. The van der Waals surface area contributed by atoms with Crippen molar-refractivity contribution in [2.45, 2.75) is 13.8 Å². The van der Waals surface area contributed by atoms with Crippen molar-refractivity contribution in [1.82, 2.24) is 9.88 Å². The van der Waals surface area contributed by atoms with Gasteiger partial charge in [0.25, 0.3) is 11.8 Å². The molecule has 2 aromatic rings. The van der Waals surface area contributed by atoms with Crippen molar-refractivity contribution in [3.8, 4) is 0 Å². The lowest BCUT2D eigenvalue weighted by Crippen LogP contribution is -3.15. The highest BCUT2D eigenvalue weighted by molar-refractivity contribution is 6.29. The Kier molecular flexibility index (Phi) is 6.08. The van der Waals surface area contributed by atoms with E-state index in [-0.39, 0.29) is 11.8 Å². The number of quaternary nitrogens is 1. The smallest absolute Gasteiger partial charge is 0.279 e. The molecular formula is C20H24ClN4O2+. The number of benzene rings is 1. The second kappa shape index (κ2) is 8.50. The van der Waals surface area contributed by atoms with E-state index in [1.165, 1.54) is 11.1 Å². The number of pyridine rings is 1. The number of anilines is 1. The molecule has 1 aromatic carbocycles. The number of rotatable bonds is 4. The van der Waals surface area contributed by atoms with E-state index in [0.29, 0.717) is 30.4 Å². The predicted molar refractivity (Wildman–Crippen MR) is 105 cm³/mol. The van der Waals surface area contributed by atoms with Gasteiger partial charge >= 0.3 is 0 Å². The minimum absolute atomic E-state index is 0.00378. The molecular weight excluding hydrogens is 364 g/mol.